The number of nitrogens with one attached hydrogen (secondary N) is 1. The Morgan fingerprint density at radius 2 is 1.83 bits per heavy atom. The zero-order valence-electron chi connectivity index (χ0n) is 31.0. The molecule has 2 saturated heterocycles. The number of benzene rings is 2. The fourth-order valence-electron chi connectivity index (χ4n) is 8.02. The molecule has 0 atom stereocenters. The van der Waals surface area contributed by atoms with Crippen LogP contribution in [0.15, 0.2) is 30.5 Å². The van der Waals surface area contributed by atoms with Gasteiger partial charge in [0.2, 0.25) is 0 Å². The Balaban J connectivity index is 1.32. The molecule has 0 spiro atoms. The second kappa shape index (κ2) is 14.2. The van der Waals surface area contributed by atoms with Gasteiger partial charge in [-0.2, -0.15) is 9.97 Å². The Kier molecular flexibility index (Phi) is 9.80. The molecule has 3 aliphatic rings. The second-order valence-electron chi connectivity index (χ2n) is 15.4. The van der Waals surface area contributed by atoms with Crippen molar-refractivity contribution in [1.82, 2.24) is 24.8 Å². The van der Waals surface area contributed by atoms with Gasteiger partial charge in [0.1, 0.15) is 40.8 Å². The summed E-state index contributed by atoms with van der Waals surface area (Å²) in [5, 5.41) is 4.57. The minimum absolute atomic E-state index is 0.0183. The topological polar surface area (TPSA) is 111 Å². The van der Waals surface area contributed by atoms with E-state index in [1.165, 1.54) is 19.4 Å². The molecule has 1 aliphatic carbocycles. The van der Waals surface area contributed by atoms with E-state index in [1.54, 1.807) is 30.1 Å². The number of pyridine rings is 1. The first-order chi connectivity index (χ1) is 25.4. The summed E-state index contributed by atoms with van der Waals surface area (Å²) in [7, 11) is 3.23. The highest BCUT2D eigenvalue weighted by molar-refractivity contribution is 6.03. The maximum Gasteiger partial charge on any atom is 0.410 e. The van der Waals surface area contributed by atoms with Crippen LogP contribution in [0.3, 0.4) is 0 Å². The van der Waals surface area contributed by atoms with Crippen LogP contribution in [0, 0.1) is 24.0 Å². The first kappa shape index (κ1) is 36.6. The number of halogens is 2. The van der Waals surface area contributed by atoms with E-state index in [1.807, 2.05) is 20.8 Å². The summed E-state index contributed by atoms with van der Waals surface area (Å²) in [6, 6.07) is 6.10. The molecule has 11 nitrogen and oxygen atoms in total. The summed E-state index contributed by atoms with van der Waals surface area (Å²) in [5.41, 5.74) is -1.22. The fraction of sp³-hybridized carbons (Fsp3) is 0.500. The van der Waals surface area contributed by atoms with Crippen molar-refractivity contribution in [2.24, 2.45) is 0 Å². The van der Waals surface area contributed by atoms with Crippen molar-refractivity contribution in [2.75, 3.05) is 52.5 Å². The number of methoxy groups -OCH3 is 1. The summed E-state index contributed by atoms with van der Waals surface area (Å²) in [6.07, 6.45) is 13.5. The molecule has 1 amide bonds. The molecule has 2 aromatic heterocycles. The van der Waals surface area contributed by atoms with Crippen LogP contribution in [-0.4, -0.2) is 94.7 Å². The van der Waals surface area contributed by atoms with Gasteiger partial charge in [-0.15, -0.1) is 6.42 Å². The number of fused-ring (bicyclic) bond motifs is 3. The summed E-state index contributed by atoms with van der Waals surface area (Å²) >= 11 is 0. The molecule has 13 heteroatoms. The lowest BCUT2D eigenvalue weighted by Crippen LogP contribution is -2.59. The van der Waals surface area contributed by atoms with Crippen LogP contribution in [0.4, 0.5) is 19.4 Å². The molecule has 0 bridgehead atoms. The Labute approximate surface area is 308 Å². The number of carbonyl (C=O) groups is 1. The number of rotatable bonds is 11. The van der Waals surface area contributed by atoms with Gasteiger partial charge in [-0.1, -0.05) is 12.0 Å². The molecule has 0 unspecified atom stereocenters. The molecule has 0 radical (unpaired) electrons. The van der Waals surface area contributed by atoms with Crippen molar-refractivity contribution in [3.05, 3.63) is 47.7 Å². The maximum atomic E-state index is 17.1. The largest absolute Gasteiger partial charge is 0.468 e. The third kappa shape index (κ3) is 6.90. The number of nitrogens with zero attached hydrogens (tertiary/aromatic N) is 5. The zero-order valence-corrected chi connectivity index (χ0v) is 31.0. The van der Waals surface area contributed by atoms with E-state index in [-0.39, 0.29) is 40.7 Å². The van der Waals surface area contributed by atoms with Crippen molar-refractivity contribution in [3.63, 3.8) is 0 Å². The number of carbonyl (C=O) groups excluding carboxylic acids is 1. The molecule has 280 valence electrons. The highest BCUT2D eigenvalue weighted by Gasteiger charge is 2.46. The normalized spacial score (nSPS) is 17.6. The SMILES string of the molecule is C#Cc1c(F)ccc2cc(OCOC)cc(-c3ncc4c(NCC5(N(C)C(=O)OC(C)(C)C)CCC5)nc(OCC56CCCN5CCC6)nc4c3F)c12. The zero-order chi connectivity index (χ0) is 37.5. The Bertz CT molecular complexity index is 2080. The molecule has 2 aromatic carbocycles. The van der Waals surface area contributed by atoms with Crippen molar-refractivity contribution in [1.29, 1.82) is 0 Å². The number of anilines is 1. The fourth-order valence-corrected chi connectivity index (χ4v) is 8.02. The number of hydrogen-bond donors (Lipinski definition) is 1. The van der Waals surface area contributed by atoms with E-state index >= 15 is 8.78 Å². The highest BCUT2D eigenvalue weighted by Crippen LogP contribution is 2.42. The van der Waals surface area contributed by atoms with Crippen molar-refractivity contribution in [2.45, 2.75) is 82.4 Å². The van der Waals surface area contributed by atoms with Crippen LogP contribution in [0.25, 0.3) is 32.9 Å². The van der Waals surface area contributed by atoms with Gasteiger partial charge in [0.05, 0.1) is 22.0 Å². The number of terminal acetylenes is 1. The minimum Gasteiger partial charge on any atom is -0.468 e. The van der Waals surface area contributed by atoms with Crippen molar-refractivity contribution < 1.29 is 32.5 Å². The quantitative estimate of drug-likeness (QED) is 0.125. The molecule has 53 heavy (non-hydrogen) atoms. The van der Waals surface area contributed by atoms with Crippen molar-refractivity contribution >= 4 is 33.6 Å². The molecule has 7 rings (SSSR count). The van der Waals surface area contributed by atoms with Gasteiger partial charge >= 0.3 is 12.1 Å². The average molecular weight is 729 g/mol. The van der Waals surface area contributed by atoms with Gasteiger partial charge in [0.15, 0.2) is 12.6 Å². The number of aromatic nitrogens is 3. The van der Waals surface area contributed by atoms with Crippen LogP contribution < -0.4 is 14.8 Å². The predicted octanol–water partition coefficient (Wildman–Crippen LogP) is 7.30. The smallest absolute Gasteiger partial charge is 0.410 e. The van der Waals surface area contributed by atoms with Gasteiger partial charge < -0.3 is 29.2 Å². The van der Waals surface area contributed by atoms with E-state index in [0.717, 1.165) is 58.0 Å². The Morgan fingerprint density at radius 1 is 1.08 bits per heavy atom. The molecule has 2 aliphatic heterocycles. The van der Waals surface area contributed by atoms with E-state index in [4.69, 9.17) is 30.4 Å². The average Bonchev–Trinajstić information content (AvgIpc) is 3.69. The number of amides is 1. The minimum atomic E-state index is -0.763. The molecular weight excluding hydrogens is 682 g/mol. The van der Waals surface area contributed by atoms with E-state index in [0.29, 0.717) is 40.9 Å². The Morgan fingerprint density at radius 3 is 2.49 bits per heavy atom. The number of hydrogen-bond acceptors (Lipinski definition) is 10. The summed E-state index contributed by atoms with van der Waals surface area (Å²) in [5.74, 6) is 1.72. The lowest BCUT2D eigenvalue weighted by molar-refractivity contribution is -0.0117. The summed E-state index contributed by atoms with van der Waals surface area (Å²) in [6.45, 7) is 8.18. The van der Waals surface area contributed by atoms with E-state index < -0.39 is 28.9 Å². The number of likely N-dealkylation sites (N-methyl/N-ethyl adjacent to an activating group) is 1. The summed E-state index contributed by atoms with van der Waals surface area (Å²) < 4.78 is 55.1. The molecule has 1 saturated carbocycles. The maximum absolute atomic E-state index is 17.1. The van der Waals surface area contributed by atoms with Crippen LogP contribution >= 0.6 is 0 Å². The first-order valence-electron chi connectivity index (χ1n) is 18.2. The van der Waals surface area contributed by atoms with Gasteiger partial charge in [-0.05, 0) is 102 Å². The molecule has 4 heterocycles. The second-order valence-corrected chi connectivity index (χ2v) is 15.4. The van der Waals surface area contributed by atoms with Crippen LogP contribution in [0.2, 0.25) is 0 Å². The van der Waals surface area contributed by atoms with Crippen molar-refractivity contribution in [3.8, 4) is 35.4 Å². The van der Waals surface area contributed by atoms with Crippen LogP contribution in [0.1, 0.15) is 71.3 Å². The molecular formula is C40H46F2N6O5. The molecule has 3 fully saturated rings. The highest BCUT2D eigenvalue weighted by atomic mass is 19.1. The third-order valence-electron chi connectivity index (χ3n) is 11.0. The van der Waals surface area contributed by atoms with Gasteiger partial charge in [0.25, 0.3) is 0 Å². The third-order valence-corrected chi connectivity index (χ3v) is 11.0. The van der Waals surface area contributed by atoms with Gasteiger partial charge in [-0.25, -0.2) is 13.6 Å². The van der Waals surface area contributed by atoms with E-state index in [9.17, 15) is 4.79 Å². The standard InChI is InChI=1S/C40H46F2N6O5/c1-7-27-30(41)12-11-25-19-26(52-24-50-6)20-28(31(25)27)33-32(42)34-29(21-43-33)35(44-22-39(13-8-14-39)47(5)37(49)53-38(2,3)4)46-36(45-34)51-23-40-15-9-17-48(40)18-10-16-40/h1,11-12,19-21H,8-10,13-18,22-24H2,2-6H3,(H,44,45,46). The van der Waals surface area contributed by atoms with Gasteiger partial charge in [-0.3, -0.25) is 9.88 Å². The lowest BCUT2D eigenvalue weighted by Gasteiger charge is -2.48. The first-order valence-corrected chi connectivity index (χ1v) is 18.2. The summed E-state index contributed by atoms with van der Waals surface area (Å²) in [4.78, 5) is 31.2. The van der Waals surface area contributed by atoms with Crippen LogP contribution in [0.5, 0.6) is 11.8 Å². The monoisotopic (exact) mass is 728 g/mol. The predicted molar refractivity (Wildman–Crippen MR) is 198 cm³/mol. The Hall–Kier alpha value is -4.80. The van der Waals surface area contributed by atoms with Gasteiger partial charge in [0, 0.05) is 37.8 Å². The lowest BCUT2D eigenvalue weighted by atomic mass is 9.75. The molecule has 1 N–H and O–H groups in total. The van der Waals surface area contributed by atoms with E-state index in [2.05, 4.69) is 26.1 Å². The van der Waals surface area contributed by atoms with Crippen LogP contribution in [-0.2, 0) is 9.47 Å². The number of ether oxygens (including phenoxy) is 4. The molecule has 4 aromatic rings.